The number of nitrogens with zero attached hydrogens (tertiary/aromatic N) is 2. The van der Waals surface area contributed by atoms with Crippen LogP contribution in [0.4, 0.5) is 5.69 Å². The van der Waals surface area contributed by atoms with Crippen molar-refractivity contribution in [3.8, 4) is 6.07 Å². The van der Waals surface area contributed by atoms with E-state index in [1.807, 2.05) is 0 Å². The fourth-order valence-electron chi connectivity index (χ4n) is 2.61. The Bertz CT molecular complexity index is 551. The molecule has 1 aliphatic rings. The number of ether oxygens (including phenoxy) is 1. The van der Waals surface area contributed by atoms with Crippen LogP contribution >= 0.6 is 0 Å². The lowest BCUT2D eigenvalue weighted by molar-refractivity contribution is 0.0440. The molecule has 0 radical (unpaired) electrons. The summed E-state index contributed by atoms with van der Waals surface area (Å²) in [5.74, 6) is -1.01. The molecule has 2 rings (SSSR count). The molecule has 1 aromatic rings. The number of aromatic carboxylic acids is 1. The van der Waals surface area contributed by atoms with Crippen LogP contribution in [-0.2, 0) is 4.74 Å². The Balaban J connectivity index is 2.17. The van der Waals surface area contributed by atoms with Crippen LogP contribution < -0.4 is 4.90 Å². The summed E-state index contributed by atoms with van der Waals surface area (Å²) in [4.78, 5) is 13.1. The van der Waals surface area contributed by atoms with E-state index in [2.05, 4.69) is 17.9 Å². The van der Waals surface area contributed by atoms with Crippen molar-refractivity contribution >= 4 is 11.7 Å². The molecule has 21 heavy (non-hydrogen) atoms. The van der Waals surface area contributed by atoms with Crippen LogP contribution in [0.15, 0.2) is 18.2 Å². The molecule has 0 aliphatic carbocycles. The minimum atomic E-state index is -1.01. The van der Waals surface area contributed by atoms with E-state index in [1.54, 1.807) is 12.1 Å². The standard InChI is InChI=1S/C16H20N2O3/c1-2-8-21-14-4-3-7-18(11-14)15-6-5-12(16(19)20)9-13(15)10-17/h5-6,9,14H,2-4,7-8,11H2,1H3,(H,19,20). The number of nitriles is 1. The van der Waals surface area contributed by atoms with Crippen molar-refractivity contribution in [2.24, 2.45) is 0 Å². The fraction of sp³-hybridized carbons (Fsp3) is 0.500. The van der Waals surface area contributed by atoms with Crippen LogP contribution in [-0.4, -0.2) is 36.9 Å². The first kappa shape index (κ1) is 15.3. The number of anilines is 1. The van der Waals surface area contributed by atoms with Gasteiger partial charge in [-0.1, -0.05) is 6.92 Å². The van der Waals surface area contributed by atoms with E-state index in [0.29, 0.717) is 5.56 Å². The summed E-state index contributed by atoms with van der Waals surface area (Å²) in [6.45, 7) is 4.45. The first-order valence-corrected chi connectivity index (χ1v) is 7.29. The van der Waals surface area contributed by atoms with E-state index in [4.69, 9.17) is 9.84 Å². The number of rotatable bonds is 5. The zero-order chi connectivity index (χ0) is 15.2. The van der Waals surface area contributed by atoms with Crippen molar-refractivity contribution in [1.82, 2.24) is 0 Å². The first-order valence-electron chi connectivity index (χ1n) is 7.29. The first-order chi connectivity index (χ1) is 10.2. The van der Waals surface area contributed by atoms with Crippen LogP contribution in [0, 0.1) is 11.3 Å². The average molecular weight is 288 g/mol. The molecule has 112 valence electrons. The second-order valence-electron chi connectivity index (χ2n) is 5.23. The zero-order valence-electron chi connectivity index (χ0n) is 12.2. The van der Waals surface area contributed by atoms with E-state index in [-0.39, 0.29) is 11.7 Å². The van der Waals surface area contributed by atoms with Crippen molar-refractivity contribution in [3.05, 3.63) is 29.3 Å². The SMILES string of the molecule is CCCOC1CCCN(c2ccc(C(=O)O)cc2C#N)C1. The maximum atomic E-state index is 11.0. The molecule has 1 aliphatic heterocycles. The van der Waals surface area contributed by atoms with Crippen LogP contribution in [0.1, 0.15) is 42.1 Å². The van der Waals surface area contributed by atoms with Gasteiger partial charge in [0.1, 0.15) is 6.07 Å². The maximum Gasteiger partial charge on any atom is 0.335 e. The maximum absolute atomic E-state index is 11.0. The fourth-order valence-corrected chi connectivity index (χ4v) is 2.61. The predicted molar refractivity (Wildman–Crippen MR) is 79.6 cm³/mol. The molecule has 5 heteroatoms. The second-order valence-corrected chi connectivity index (χ2v) is 5.23. The van der Waals surface area contributed by atoms with E-state index in [1.165, 1.54) is 6.07 Å². The van der Waals surface area contributed by atoms with Crippen LogP contribution in [0.25, 0.3) is 0 Å². The molecule has 1 heterocycles. The molecule has 1 saturated heterocycles. The van der Waals surface area contributed by atoms with Crippen molar-refractivity contribution in [3.63, 3.8) is 0 Å². The molecule has 0 amide bonds. The lowest BCUT2D eigenvalue weighted by Crippen LogP contribution is -2.40. The molecular formula is C16H20N2O3. The largest absolute Gasteiger partial charge is 0.478 e. The Labute approximate surface area is 124 Å². The third-order valence-electron chi connectivity index (χ3n) is 3.64. The van der Waals surface area contributed by atoms with Gasteiger partial charge >= 0.3 is 5.97 Å². The van der Waals surface area contributed by atoms with Crippen molar-refractivity contribution in [2.45, 2.75) is 32.3 Å². The third kappa shape index (κ3) is 3.73. The van der Waals surface area contributed by atoms with Gasteiger partial charge in [-0.3, -0.25) is 0 Å². The Hall–Kier alpha value is -2.06. The van der Waals surface area contributed by atoms with Gasteiger partial charge in [0, 0.05) is 19.7 Å². The number of hydrogen-bond donors (Lipinski definition) is 1. The Morgan fingerprint density at radius 3 is 3.05 bits per heavy atom. The van der Waals surface area contributed by atoms with Gasteiger partial charge in [0.15, 0.2) is 0 Å². The highest BCUT2D eigenvalue weighted by atomic mass is 16.5. The Morgan fingerprint density at radius 2 is 2.38 bits per heavy atom. The van der Waals surface area contributed by atoms with Gasteiger partial charge in [-0.2, -0.15) is 5.26 Å². The summed E-state index contributed by atoms with van der Waals surface area (Å²) < 4.78 is 5.80. The normalized spacial score (nSPS) is 18.3. The highest BCUT2D eigenvalue weighted by Gasteiger charge is 2.22. The molecule has 1 atom stereocenters. The minimum Gasteiger partial charge on any atom is -0.478 e. The molecule has 0 bridgehead atoms. The van der Waals surface area contributed by atoms with E-state index >= 15 is 0 Å². The number of carboxylic acid groups (broad SMARTS) is 1. The van der Waals surface area contributed by atoms with Gasteiger partial charge in [0.25, 0.3) is 0 Å². The molecule has 0 saturated carbocycles. The molecule has 0 spiro atoms. The predicted octanol–water partition coefficient (Wildman–Crippen LogP) is 2.65. The van der Waals surface area contributed by atoms with Crippen molar-refractivity contribution in [2.75, 3.05) is 24.6 Å². The average Bonchev–Trinajstić information content (AvgIpc) is 2.52. The van der Waals surface area contributed by atoms with Gasteiger partial charge < -0.3 is 14.7 Å². The second kappa shape index (κ2) is 7.09. The van der Waals surface area contributed by atoms with Crippen LogP contribution in [0.2, 0.25) is 0 Å². The quantitative estimate of drug-likeness (QED) is 0.901. The highest BCUT2D eigenvalue weighted by molar-refractivity contribution is 5.89. The number of benzene rings is 1. The monoisotopic (exact) mass is 288 g/mol. The summed E-state index contributed by atoms with van der Waals surface area (Å²) in [5.41, 5.74) is 1.35. The summed E-state index contributed by atoms with van der Waals surface area (Å²) >= 11 is 0. The smallest absolute Gasteiger partial charge is 0.335 e. The van der Waals surface area contributed by atoms with Gasteiger partial charge in [-0.25, -0.2) is 4.79 Å². The van der Waals surface area contributed by atoms with E-state index < -0.39 is 5.97 Å². The molecular weight excluding hydrogens is 268 g/mol. The zero-order valence-corrected chi connectivity index (χ0v) is 12.2. The van der Waals surface area contributed by atoms with Gasteiger partial charge in [0.2, 0.25) is 0 Å². The topological polar surface area (TPSA) is 73.6 Å². The van der Waals surface area contributed by atoms with Crippen molar-refractivity contribution in [1.29, 1.82) is 5.26 Å². The van der Waals surface area contributed by atoms with Gasteiger partial charge in [-0.05, 0) is 37.5 Å². The molecule has 1 N–H and O–H groups in total. The summed E-state index contributed by atoms with van der Waals surface area (Å²) in [6, 6.07) is 6.82. The highest BCUT2D eigenvalue weighted by Crippen LogP contribution is 2.26. The van der Waals surface area contributed by atoms with Gasteiger partial charge in [-0.15, -0.1) is 0 Å². The van der Waals surface area contributed by atoms with Crippen LogP contribution in [0.5, 0.6) is 0 Å². The van der Waals surface area contributed by atoms with Gasteiger partial charge in [0.05, 0.1) is 22.9 Å². The summed E-state index contributed by atoms with van der Waals surface area (Å²) in [7, 11) is 0. The third-order valence-corrected chi connectivity index (χ3v) is 3.64. The molecule has 1 aromatic carbocycles. The Kier molecular flexibility index (Phi) is 5.18. The van der Waals surface area contributed by atoms with E-state index in [0.717, 1.165) is 44.6 Å². The number of carbonyl (C=O) groups is 1. The molecule has 5 nitrogen and oxygen atoms in total. The van der Waals surface area contributed by atoms with E-state index in [9.17, 15) is 10.1 Å². The lowest BCUT2D eigenvalue weighted by Gasteiger charge is -2.34. The molecule has 1 fully saturated rings. The molecule has 1 unspecified atom stereocenters. The molecule has 0 aromatic heterocycles. The minimum absolute atomic E-state index is 0.145. The number of carboxylic acids is 1. The summed E-state index contributed by atoms with van der Waals surface area (Å²) in [6.07, 6.45) is 3.23. The number of piperidine rings is 1. The van der Waals surface area contributed by atoms with Crippen molar-refractivity contribution < 1.29 is 14.6 Å². The lowest BCUT2D eigenvalue weighted by atomic mass is 10.0. The van der Waals surface area contributed by atoms with Crippen LogP contribution in [0.3, 0.4) is 0 Å². The summed E-state index contributed by atoms with van der Waals surface area (Å²) in [5, 5.41) is 18.3. The number of hydrogen-bond acceptors (Lipinski definition) is 4. The Morgan fingerprint density at radius 1 is 1.57 bits per heavy atom.